The van der Waals surface area contributed by atoms with Crippen LogP contribution in [0.3, 0.4) is 0 Å². The molecule has 22 heavy (non-hydrogen) atoms. The average molecular weight is 314 g/mol. The Hall–Kier alpha value is -1.93. The number of ether oxygens (including phenoxy) is 1. The van der Waals surface area contributed by atoms with Gasteiger partial charge in [0.2, 0.25) is 0 Å². The van der Waals surface area contributed by atoms with E-state index in [2.05, 4.69) is 35.2 Å². The van der Waals surface area contributed by atoms with Gasteiger partial charge in [-0.25, -0.2) is 0 Å². The molecule has 0 saturated carbocycles. The van der Waals surface area contributed by atoms with Gasteiger partial charge in [-0.1, -0.05) is 23.7 Å². The molecule has 0 atom stereocenters. The molecular formula is C19H20ClNO. The molecule has 3 rings (SSSR count). The zero-order chi connectivity index (χ0) is 15.4. The number of nitrogens with zero attached hydrogens (tertiary/aromatic N) is 1. The third-order valence-electron chi connectivity index (χ3n) is 4.01. The maximum Gasteiger partial charge on any atom is 0.118 e. The maximum atomic E-state index is 5.98. The molecule has 3 heteroatoms. The highest BCUT2D eigenvalue weighted by Gasteiger charge is 2.16. The van der Waals surface area contributed by atoms with Crippen molar-refractivity contribution >= 4 is 23.4 Å². The number of likely N-dealkylation sites (tertiary alicyclic amines) is 1. The van der Waals surface area contributed by atoms with Gasteiger partial charge in [0.05, 0.1) is 7.11 Å². The summed E-state index contributed by atoms with van der Waals surface area (Å²) >= 11 is 5.98. The lowest BCUT2D eigenvalue weighted by molar-refractivity contribution is 0.414. The Morgan fingerprint density at radius 1 is 1.00 bits per heavy atom. The minimum atomic E-state index is 0.768. The zero-order valence-corrected chi connectivity index (χ0v) is 13.5. The quantitative estimate of drug-likeness (QED) is 0.741. The molecule has 0 radical (unpaired) electrons. The number of hydrogen-bond acceptors (Lipinski definition) is 2. The molecule has 1 saturated heterocycles. The van der Waals surface area contributed by atoms with Gasteiger partial charge >= 0.3 is 0 Å². The van der Waals surface area contributed by atoms with E-state index >= 15 is 0 Å². The summed E-state index contributed by atoms with van der Waals surface area (Å²) in [5, 5.41) is 0.768. The van der Waals surface area contributed by atoms with Gasteiger partial charge in [0.25, 0.3) is 0 Å². The van der Waals surface area contributed by atoms with Crippen molar-refractivity contribution in [2.45, 2.75) is 12.8 Å². The van der Waals surface area contributed by atoms with Crippen LogP contribution >= 0.6 is 11.6 Å². The van der Waals surface area contributed by atoms with Crippen LogP contribution in [0.5, 0.6) is 5.75 Å². The van der Waals surface area contributed by atoms with Crippen LogP contribution in [0.25, 0.3) is 11.8 Å². The molecule has 0 aliphatic carbocycles. The monoisotopic (exact) mass is 313 g/mol. The Labute approximate surface area is 137 Å². The number of methoxy groups -OCH3 is 1. The van der Waals surface area contributed by atoms with E-state index in [0.717, 1.165) is 23.9 Å². The van der Waals surface area contributed by atoms with E-state index in [9.17, 15) is 0 Å². The van der Waals surface area contributed by atoms with Gasteiger partial charge in [0.1, 0.15) is 5.75 Å². The van der Waals surface area contributed by atoms with Crippen molar-refractivity contribution in [1.82, 2.24) is 4.90 Å². The lowest BCUT2D eigenvalue weighted by atomic mass is 10.1. The van der Waals surface area contributed by atoms with Crippen molar-refractivity contribution in [3.05, 3.63) is 64.7 Å². The normalized spacial score (nSPS) is 15.2. The predicted molar refractivity (Wildman–Crippen MR) is 93.1 cm³/mol. The minimum absolute atomic E-state index is 0.768. The molecule has 1 aliphatic rings. The van der Waals surface area contributed by atoms with Crippen LogP contribution in [-0.4, -0.2) is 25.1 Å². The third-order valence-corrected chi connectivity index (χ3v) is 4.26. The molecule has 1 fully saturated rings. The highest BCUT2D eigenvalue weighted by Crippen LogP contribution is 2.28. The van der Waals surface area contributed by atoms with E-state index in [1.54, 1.807) is 7.11 Å². The summed E-state index contributed by atoms with van der Waals surface area (Å²) in [6, 6.07) is 16.3. The first-order valence-corrected chi connectivity index (χ1v) is 8.01. The van der Waals surface area contributed by atoms with E-state index in [1.807, 2.05) is 24.3 Å². The van der Waals surface area contributed by atoms with Gasteiger partial charge in [-0.15, -0.1) is 0 Å². The zero-order valence-electron chi connectivity index (χ0n) is 12.8. The van der Waals surface area contributed by atoms with Gasteiger partial charge in [0.15, 0.2) is 0 Å². The Balaban J connectivity index is 1.96. The van der Waals surface area contributed by atoms with E-state index in [0.29, 0.717) is 0 Å². The average Bonchev–Trinajstić information content (AvgIpc) is 3.09. The summed E-state index contributed by atoms with van der Waals surface area (Å²) in [5.74, 6) is 0.885. The summed E-state index contributed by atoms with van der Waals surface area (Å²) in [4.78, 5) is 2.45. The highest BCUT2D eigenvalue weighted by atomic mass is 35.5. The molecule has 1 aliphatic heterocycles. The van der Waals surface area contributed by atoms with Gasteiger partial charge in [-0.2, -0.15) is 0 Å². The van der Waals surface area contributed by atoms with Crippen LogP contribution < -0.4 is 4.74 Å². The van der Waals surface area contributed by atoms with Crippen LogP contribution in [0.2, 0.25) is 5.02 Å². The molecule has 114 valence electrons. The fourth-order valence-corrected chi connectivity index (χ4v) is 2.92. The van der Waals surface area contributed by atoms with Crippen molar-refractivity contribution < 1.29 is 4.74 Å². The molecule has 0 N–H and O–H groups in total. The van der Waals surface area contributed by atoms with E-state index in [1.165, 1.54) is 29.7 Å². The van der Waals surface area contributed by atoms with Crippen LogP contribution in [0.15, 0.2) is 48.5 Å². The highest BCUT2D eigenvalue weighted by molar-refractivity contribution is 6.30. The van der Waals surface area contributed by atoms with Crippen LogP contribution in [-0.2, 0) is 0 Å². The standard InChI is InChI=1S/C19H20ClNO/c1-22-18-10-6-16(7-11-18)19(21-12-2-3-13-21)14-15-4-8-17(20)9-5-15/h4-11,14H,2-3,12-13H2,1H3/b19-14+. The maximum absolute atomic E-state index is 5.98. The number of benzene rings is 2. The lowest BCUT2D eigenvalue weighted by Crippen LogP contribution is -2.17. The van der Waals surface area contributed by atoms with Crippen molar-refractivity contribution in [2.24, 2.45) is 0 Å². The number of rotatable bonds is 4. The predicted octanol–water partition coefficient (Wildman–Crippen LogP) is 4.94. The van der Waals surface area contributed by atoms with Crippen LogP contribution in [0, 0.1) is 0 Å². The van der Waals surface area contributed by atoms with Gasteiger partial charge in [-0.05, 0) is 66.4 Å². The third kappa shape index (κ3) is 3.45. The summed E-state index contributed by atoms with van der Waals surface area (Å²) in [7, 11) is 1.69. The van der Waals surface area contributed by atoms with Gasteiger partial charge in [0, 0.05) is 23.8 Å². The SMILES string of the molecule is COc1ccc(/C(=C\c2ccc(Cl)cc2)N2CCCC2)cc1. The van der Waals surface area contributed by atoms with E-state index in [4.69, 9.17) is 16.3 Å². The van der Waals surface area contributed by atoms with Gasteiger partial charge < -0.3 is 9.64 Å². The Morgan fingerprint density at radius 3 is 2.23 bits per heavy atom. The van der Waals surface area contributed by atoms with Crippen molar-refractivity contribution in [3.8, 4) is 5.75 Å². The summed E-state index contributed by atoms with van der Waals surface area (Å²) in [6.45, 7) is 2.23. The molecule has 2 nitrogen and oxygen atoms in total. The second kappa shape index (κ2) is 6.89. The van der Waals surface area contributed by atoms with Crippen LogP contribution in [0.1, 0.15) is 24.0 Å². The fourth-order valence-electron chi connectivity index (χ4n) is 2.79. The molecule has 0 amide bonds. The molecule has 1 heterocycles. The largest absolute Gasteiger partial charge is 0.497 e. The Morgan fingerprint density at radius 2 is 1.64 bits per heavy atom. The molecular weight excluding hydrogens is 294 g/mol. The molecule has 0 unspecified atom stereocenters. The second-order valence-corrected chi connectivity index (χ2v) is 5.94. The first-order valence-electron chi connectivity index (χ1n) is 7.63. The molecule has 0 spiro atoms. The van der Waals surface area contributed by atoms with Crippen molar-refractivity contribution in [1.29, 1.82) is 0 Å². The lowest BCUT2D eigenvalue weighted by Gasteiger charge is -2.22. The van der Waals surface area contributed by atoms with E-state index < -0.39 is 0 Å². The molecule has 2 aromatic carbocycles. The smallest absolute Gasteiger partial charge is 0.118 e. The minimum Gasteiger partial charge on any atom is -0.497 e. The Bertz CT molecular complexity index is 640. The number of halogens is 1. The van der Waals surface area contributed by atoms with Crippen molar-refractivity contribution in [3.63, 3.8) is 0 Å². The molecule has 2 aromatic rings. The van der Waals surface area contributed by atoms with Gasteiger partial charge in [-0.3, -0.25) is 0 Å². The first kappa shape index (κ1) is 15.0. The van der Waals surface area contributed by atoms with Crippen LogP contribution in [0.4, 0.5) is 0 Å². The summed E-state index contributed by atoms with van der Waals surface area (Å²) in [6.07, 6.45) is 4.76. The molecule has 0 bridgehead atoms. The Kier molecular flexibility index (Phi) is 4.69. The second-order valence-electron chi connectivity index (χ2n) is 5.50. The van der Waals surface area contributed by atoms with E-state index in [-0.39, 0.29) is 0 Å². The molecule has 0 aromatic heterocycles. The fraction of sp³-hybridized carbons (Fsp3) is 0.263. The summed E-state index contributed by atoms with van der Waals surface area (Å²) in [5.41, 5.74) is 3.65. The summed E-state index contributed by atoms with van der Waals surface area (Å²) < 4.78 is 5.26. The first-order chi connectivity index (χ1) is 10.8. The number of hydrogen-bond donors (Lipinski definition) is 0. The topological polar surface area (TPSA) is 12.5 Å². The van der Waals surface area contributed by atoms with Crippen molar-refractivity contribution in [2.75, 3.05) is 20.2 Å².